The molecule has 1 aliphatic rings. The van der Waals surface area contributed by atoms with Gasteiger partial charge in [-0.05, 0) is 19.8 Å². The van der Waals surface area contributed by atoms with E-state index in [2.05, 4.69) is 23.5 Å². The van der Waals surface area contributed by atoms with Crippen LogP contribution in [0.4, 0.5) is 0 Å². The molecule has 0 radical (unpaired) electrons. The summed E-state index contributed by atoms with van der Waals surface area (Å²) in [6.45, 7) is 5.09. The van der Waals surface area contributed by atoms with Crippen LogP contribution < -0.4 is 5.32 Å². The number of aromatic nitrogens is 2. The quantitative estimate of drug-likeness (QED) is 0.812. The lowest BCUT2D eigenvalue weighted by molar-refractivity contribution is 0.0810. The molecule has 2 N–H and O–H groups in total. The van der Waals surface area contributed by atoms with Gasteiger partial charge in [-0.1, -0.05) is 19.3 Å². The molecule has 4 heteroatoms. The van der Waals surface area contributed by atoms with Crippen LogP contribution in [0.3, 0.4) is 0 Å². The Hall–Kier alpha value is -0.870. The number of aryl methyl sites for hydroxylation is 1. The molecule has 102 valence electrons. The minimum absolute atomic E-state index is 0.124. The van der Waals surface area contributed by atoms with Crippen LogP contribution in [0.15, 0.2) is 12.4 Å². The molecule has 0 unspecified atom stereocenters. The van der Waals surface area contributed by atoms with Crippen molar-refractivity contribution in [1.82, 2.24) is 15.1 Å². The van der Waals surface area contributed by atoms with Crippen LogP contribution in [-0.2, 0) is 13.1 Å². The molecule has 1 saturated carbocycles. The van der Waals surface area contributed by atoms with Crippen molar-refractivity contribution in [2.45, 2.75) is 52.1 Å². The van der Waals surface area contributed by atoms with Crippen molar-refractivity contribution in [2.24, 2.45) is 5.41 Å². The van der Waals surface area contributed by atoms with Crippen molar-refractivity contribution >= 4 is 0 Å². The smallest absolute Gasteiger partial charge is 0.0534 e. The van der Waals surface area contributed by atoms with Gasteiger partial charge in [0.1, 0.15) is 0 Å². The molecular formula is C14H25N3O. The second kappa shape index (κ2) is 6.34. The molecule has 1 aromatic heterocycles. The van der Waals surface area contributed by atoms with Crippen LogP contribution in [0, 0.1) is 5.41 Å². The summed E-state index contributed by atoms with van der Waals surface area (Å²) in [6.07, 6.45) is 10.2. The fraction of sp³-hybridized carbons (Fsp3) is 0.786. The van der Waals surface area contributed by atoms with Gasteiger partial charge in [-0.15, -0.1) is 0 Å². The lowest BCUT2D eigenvalue weighted by Gasteiger charge is -2.35. The second-order valence-electron chi connectivity index (χ2n) is 5.53. The third kappa shape index (κ3) is 3.33. The first-order valence-corrected chi connectivity index (χ1v) is 7.11. The summed E-state index contributed by atoms with van der Waals surface area (Å²) in [5.74, 6) is 0. The Balaban J connectivity index is 1.79. The number of hydrogen-bond acceptors (Lipinski definition) is 3. The summed E-state index contributed by atoms with van der Waals surface area (Å²) in [4.78, 5) is 0. The Morgan fingerprint density at radius 1 is 1.39 bits per heavy atom. The Labute approximate surface area is 109 Å². The standard InChI is InChI=1S/C14H25N3O/c1-2-17-10-13(9-16-17)8-15-11-14(12-18)6-4-3-5-7-14/h9-10,15,18H,2-8,11-12H2,1H3. The number of hydrogen-bond donors (Lipinski definition) is 2. The minimum Gasteiger partial charge on any atom is -0.396 e. The van der Waals surface area contributed by atoms with E-state index in [1.54, 1.807) is 0 Å². The topological polar surface area (TPSA) is 50.1 Å². The Morgan fingerprint density at radius 2 is 2.17 bits per heavy atom. The average molecular weight is 251 g/mol. The maximum absolute atomic E-state index is 9.62. The van der Waals surface area contributed by atoms with Crippen LogP contribution in [0.1, 0.15) is 44.6 Å². The highest BCUT2D eigenvalue weighted by Gasteiger charge is 2.30. The van der Waals surface area contributed by atoms with Crippen molar-refractivity contribution in [2.75, 3.05) is 13.2 Å². The molecule has 18 heavy (non-hydrogen) atoms. The predicted molar refractivity (Wildman–Crippen MR) is 72.2 cm³/mol. The minimum atomic E-state index is 0.124. The first-order valence-electron chi connectivity index (χ1n) is 7.11. The molecule has 1 fully saturated rings. The molecule has 0 atom stereocenters. The maximum atomic E-state index is 9.62. The predicted octanol–water partition coefficient (Wildman–Crippen LogP) is 1.94. The summed E-state index contributed by atoms with van der Waals surface area (Å²) in [5, 5.41) is 17.4. The van der Waals surface area contributed by atoms with Crippen molar-refractivity contribution in [3.63, 3.8) is 0 Å². The summed E-state index contributed by atoms with van der Waals surface area (Å²) in [7, 11) is 0. The van der Waals surface area contributed by atoms with E-state index in [1.807, 2.05) is 10.9 Å². The fourth-order valence-corrected chi connectivity index (χ4v) is 2.84. The largest absolute Gasteiger partial charge is 0.396 e. The van der Waals surface area contributed by atoms with Crippen LogP contribution in [0.2, 0.25) is 0 Å². The van der Waals surface area contributed by atoms with E-state index in [0.29, 0.717) is 6.61 Å². The molecule has 0 spiro atoms. The zero-order valence-electron chi connectivity index (χ0n) is 11.4. The van der Waals surface area contributed by atoms with Crippen LogP contribution in [0.5, 0.6) is 0 Å². The zero-order valence-corrected chi connectivity index (χ0v) is 11.4. The molecule has 1 aliphatic carbocycles. The van der Waals surface area contributed by atoms with Gasteiger partial charge in [0.15, 0.2) is 0 Å². The molecule has 0 aromatic carbocycles. The highest BCUT2D eigenvalue weighted by molar-refractivity contribution is 5.03. The summed E-state index contributed by atoms with van der Waals surface area (Å²) in [6, 6.07) is 0. The molecule has 0 bridgehead atoms. The summed E-state index contributed by atoms with van der Waals surface area (Å²) >= 11 is 0. The van der Waals surface area contributed by atoms with Gasteiger partial charge in [0.25, 0.3) is 0 Å². The Morgan fingerprint density at radius 3 is 2.78 bits per heavy atom. The highest BCUT2D eigenvalue weighted by atomic mass is 16.3. The lowest BCUT2D eigenvalue weighted by Crippen LogP contribution is -2.38. The van der Waals surface area contributed by atoms with E-state index in [4.69, 9.17) is 0 Å². The molecule has 1 heterocycles. The molecule has 4 nitrogen and oxygen atoms in total. The fourth-order valence-electron chi connectivity index (χ4n) is 2.84. The lowest BCUT2D eigenvalue weighted by atomic mass is 9.74. The normalized spacial score (nSPS) is 19.0. The van der Waals surface area contributed by atoms with E-state index < -0.39 is 0 Å². The average Bonchev–Trinajstić information content (AvgIpc) is 2.88. The number of rotatable bonds is 6. The van der Waals surface area contributed by atoms with Gasteiger partial charge in [0.05, 0.1) is 6.20 Å². The van der Waals surface area contributed by atoms with Crippen LogP contribution in [-0.4, -0.2) is 28.0 Å². The van der Waals surface area contributed by atoms with Gasteiger partial charge in [-0.2, -0.15) is 5.10 Å². The van der Waals surface area contributed by atoms with E-state index in [1.165, 1.54) is 24.8 Å². The van der Waals surface area contributed by atoms with Crippen LogP contribution in [0.25, 0.3) is 0 Å². The molecule has 0 aliphatic heterocycles. The third-order valence-corrected chi connectivity index (χ3v) is 4.09. The van der Waals surface area contributed by atoms with E-state index >= 15 is 0 Å². The second-order valence-corrected chi connectivity index (χ2v) is 5.53. The van der Waals surface area contributed by atoms with Gasteiger partial charge in [-0.25, -0.2) is 0 Å². The van der Waals surface area contributed by atoms with E-state index in [-0.39, 0.29) is 5.41 Å². The Kier molecular flexibility index (Phi) is 4.78. The van der Waals surface area contributed by atoms with Gasteiger partial charge in [0.2, 0.25) is 0 Å². The Bertz CT molecular complexity index is 356. The molecule has 1 aromatic rings. The maximum Gasteiger partial charge on any atom is 0.0534 e. The van der Waals surface area contributed by atoms with Crippen LogP contribution >= 0.6 is 0 Å². The SMILES string of the molecule is CCn1cc(CNCC2(CO)CCCCC2)cn1. The highest BCUT2D eigenvalue weighted by Crippen LogP contribution is 2.35. The monoisotopic (exact) mass is 251 g/mol. The van der Waals surface area contributed by atoms with Gasteiger partial charge < -0.3 is 10.4 Å². The number of aliphatic hydroxyl groups excluding tert-OH is 1. The van der Waals surface area contributed by atoms with E-state index in [0.717, 1.165) is 32.5 Å². The molecular weight excluding hydrogens is 226 g/mol. The zero-order chi connectivity index (χ0) is 12.8. The number of nitrogens with zero attached hydrogens (tertiary/aromatic N) is 2. The first kappa shape index (κ1) is 13.6. The van der Waals surface area contributed by atoms with Crippen molar-refractivity contribution in [3.8, 4) is 0 Å². The van der Waals surface area contributed by atoms with Gasteiger partial charge in [0, 0.05) is 43.4 Å². The summed E-state index contributed by atoms with van der Waals surface area (Å²) < 4.78 is 1.94. The molecule has 0 amide bonds. The van der Waals surface area contributed by atoms with Crippen molar-refractivity contribution < 1.29 is 5.11 Å². The van der Waals surface area contributed by atoms with Gasteiger partial charge in [-0.3, -0.25) is 4.68 Å². The molecule has 0 saturated heterocycles. The summed E-state index contributed by atoms with van der Waals surface area (Å²) in [5.41, 5.74) is 1.35. The van der Waals surface area contributed by atoms with Gasteiger partial charge >= 0.3 is 0 Å². The third-order valence-electron chi connectivity index (χ3n) is 4.09. The van der Waals surface area contributed by atoms with Crippen molar-refractivity contribution in [1.29, 1.82) is 0 Å². The number of nitrogens with one attached hydrogen (secondary N) is 1. The van der Waals surface area contributed by atoms with E-state index in [9.17, 15) is 5.11 Å². The number of aliphatic hydroxyl groups is 1. The molecule has 2 rings (SSSR count). The first-order chi connectivity index (χ1) is 8.78. The van der Waals surface area contributed by atoms with Crippen molar-refractivity contribution in [3.05, 3.63) is 18.0 Å².